The van der Waals surface area contributed by atoms with E-state index in [2.05, 4.69) is 12.1 Å². The zero-order valence-corrected chi connectivity index (χ0v) is 18.3. The van der Waals surface area contributed by atoms with E-state index in [9.17, 15) is 9.59 Å². The van der Waals surface area contributed by atoms with Crippen LogP contribution in [0.5, 0.6) is 0 Å². The van der Waals surface area contributed by atoms with Gasteiger partial charge in [-0.1, -0.05) is 49.6 Å². The maximum Gasteiger partial charge on any atom is 0.223 e. The van der Waals surface area contributed by atoms with Crippen molar-refractivity contribution in [2.45, 2.75) is 57.8 Å². The molecule has 1 aromatic rings. The summed E-state index contributed by atoms with van der Waals surface area (Å²) in [6.45, 7) is 3.24. The number of aryl methyl sites for hydroxylation is 1. The van der Waals surface area contributed by atoms with Crippen molar-refractivity contribution < 1.29 is 9.59 Å². The summed E-state index contributed by atoms with van der Waals surface area (Å²) in [5.41, 5.74) is 7.34. The Bertz CT molecular complexity index is 639. The second-order valence-corrected chi connectivity index (χ2v) is 8.54. The molecule has 1 aliphatic heterocycles. The molecule has 162 valence electrons. The molecule has 1 saturated heterocycles. The van der Waals surface area contributed by atoms with Crippen molar-refractivity contribution in [3.05, 3.63) is 35.9 Å². The molecule has 2 amide bonds. The van der Waals surface area contributed by atoms with Gasteiger partial charge < -0.3 is 15.5 Å². The molecule has 1 saturated carbocycles. The molecule has 0 atom stereocenters. The number of halogens is 1. The highest BCUT2D eigenvalue weighted by atomic mass is 35.5. The van der Waals surface area contributed by atoms with E-state index in [0.717, 1.165) is 25.7 Å². The lowest BCUT2D eigenvalue weighted by molar-refractivity contribution is -0.141. The lowest BCUT2D eigenvalue weighted by Gasteiger charge is -2.39. The van der Waals surface area contributed by atoms with Gasteiger partial charge in [0.1, 0.15) is 0 Å². The predicted octanol–water partition coefficient (Wildman–Crippen LogP) is 3.40. The molecule has 2 fully saturated rings. The Hall–Kier alpha value is -1.59. The molecule has 6 heteroatoms. The molecular formula is C23H36ClN3O2. The lowest BCUT2D eigenvalue weighted by atomic mass is 9.71. The molecule has 1 heterocycles. The third-order valence-corrected chi connectivity index (χ3v) is 6.56. The molecule has 2 N–H and O–H groups in total. The molecule has 3 rings (SSSR count). The zero-order chi connectivity index (χ0) is 19.8. The first-order chi connectivity index (χ1) is 13.6. The molecule has 0 bridgehead atoms. The van der Waals surface area contributed by atoms with Crippen molar-refractivity contribution in [3.8, 4) is 0 Å². The van der Waals surface area contributed by atoms with Crippen LogP contribution in [0.1, 0.15) is 56.9 Å². The van der Waals surface area contributed by atoms with Crippen LogP contribution in [0.25, 0.3) is 0 Å². The molecule has 0 unspecified atom stereocenters. The molecular weight excluding hydrogens is 386 g/mol. The van der Waals surface area contributed by atoms with Crippen LogP contribution in [0.3, 0.4) is 0 Å². The van der Waals surface area contributed by atoms with Crippen LogP contribution in [-0.4, -0.2) is 54.3 Å². The maximum absolute atomic E-state index is 12.8. The highest BCUT2D eigenvalue weighted by Gasteiger charge is 2.35. The van der Waals surface area contributed by atoms with Gasteiger partial charge in [-0.15, -0.1) is 12.4 Å². The van der Waals surface area contributed by atoms with Gasteiger partial charge in [-0.25, -0.2) is 0 Å². The van der Waals surface area contributed by atoms with Crippen LogP contribution in [0.2, 0.25) is 0 Å². The summed E-state index contributed by atoms with van der Waals surface area (Å²) in [5, 5.41) is 0. The fraction of sp³-hybridized carbons (Fsp3) is 0.652. The molecule has 1 aromatic carbocycles. The second kappa shape index (κ2) is 11.6. The Balaban J connectivity index is 0.00000300. The highest BCUT2D eigenvalue weighted by molar-refractivity contribution is 5.85. The quantitative estimate of drug-likeness (QED) is 0.733. The average Bonchev–Trinajstić information content (AvgIpc) is 2.75. The number of benzene rings is 1. The fourth-order valence-electron chi connectivity index (χ4n) is 4.64. The molecule has 2 aliphatic rings. The Morgan fingerprint density at radius 3 is 2.07 bits per heavy atom. The Labute approximate surface area is 181 Å². The number of nitrogens with two attached hydrogens (primary N) is 1. The van der Waals surface area contributed by atoms with Crippen molar-refractivity contribution in [3.63, 3.8) is 0 Å². The Kier molecular flexibility index (Phi) is 9.44. The second-order valence-electron chi connectivity index (χ2n) is 8.54. The summed E-state index contributed by atoms with van der Waals surface area (Å²) >= 11 is 0. The molecule has 5 nitrogen and oxygen atoms in total. The topological polar surface area (TPSA) is 66.6 Å². The minimum absolute atomic E-state index is 0. The summed E-state index contributed by atoms with van der Waals surface area (Å²) < 4.78 is 0. The van der Waals surface area contributed by atoms with Gasteiger partial charge >= 0.3 is 0 Å². The predicted molar refractivity (Wildman–Crippen MR) is 119 cm³/mol. The van der Waals surface area contributed by atoms with Crippen molar-refractivity contribution in [2.24, 2.45) is 11.1 Å². The van der Waals surface area contributed by atoms with Gasteiger partial charge in [0.15, 0.2) is 0 Å². The highest BCUT2D eigenvalue weighted by Crippen LogP contribution is 2.38. The van der Waals surface area contributed by atoms with Gasteiger partial charge in [0.25, 0.3) is 0 Å². The van der Waals surface area contributed by atoms with E-state index in [-0.39, 0.29) is 29.6 Å². The third-order valence-electron chi connectivity index (χ3n) is 6.56. The van der Waals surface area contributed by atoms with E-state index in [4.69, 9.17) is 5.73 Å². The first-order valence-electron chi connectivity index (χ1n) is 10.9. The normalized spacial score (nSPS) is 18.8. The average molecular weight is 422 g/mol. The van der Waals surface area contributed by atoms with E-state index in [0.29, 0.717) is 45.6 Å². The number of nitrogens with zero attached hydrogens (tertiary/aromatic N) is 2. The minimum atomic E-state index is 0. The fourth-order valence-corrected chi connectivity index (χ4v) is 4.64. The van der Waals surface area contributed by atoms with Crippen LogP contribution in [-0.2, 0) is 16.0 Å². The van der Waals surface area contributed by atoms with Crippen molar-refractivity contribution >= 4 is 24.2 Å². The molecule has 0 spiro atoms. The van der Waals surface area contributed by atoms with E-state index in [1.165, 1.54) is 24.8 Å². The number of hydrogen-bond donors (Lipinski definition) is 1. The van der Waals surface area contributed by atoms with Crippen molar-refractivity contribution in [1.29, 1.82) is 0 Å². The lowest BCUT2D eigenvalue weighted by Crippen LogP contribution is -2.51. The van der Waals surface area contributed by atoms with Gasteiger partial charge in [0, 0.05) is 39.0 Å². The smallest absolute Gasteiger partial charge is 0.223 e. The van der Waals surface area contributed by atoms with Crippen LogP contribution < -0.4 is 5.73 Å². The number of rotatable bonds is 7. The number of amides is 2. The summed E-state index contributed by atoms with van der Waals surface area (Å²) in [5.74, 6) is 0.442. The third kappa shape index (κ3) is 6.71. The van der Waals surface area contributed by atoms with Gasteiger partial charge in [0.05, 0.1) is 0 Å². The van der Waals surface area contributed by atoms with E-state index in [1.54, 1.807) is 0 Å². The zero-order valence-electron chi connectivity index (χ0n) is 17.5. The van der Waals surface area contributed by atoms with E-state index >= 15 is 0 Å². The monoisotopic (exact) mass is 421 g/mol. The summed E-state index contributed by atoms with van der Waals surface area (Å²) in [4.78, 5) is 29.2. The van der Waals surface area contributed by atoms with Gasteiger partial charge in [0.2, 0.25) is 11.8 Å². The molecule has 29 heavy (non-hydrogen) atoms. The van der Waals surface area contributed by atoms with Crippen molar-refractivity contribution in [1.82, 2.24) is 9.80 Å². The number of carbonyl (C=O) groups excluding carboxylic acids is 2. The number of piperazine rings is 1. The van der Waals surface area contributed by atoms with Crippen LogP contribution in [0.15, 0.2) is 30.3 Å². The first kappa shape index (κ1) is 23.7. The van der Waals surface area contributed by atoms with Gasteiger partial charge in [-0.3, -0.25) is 9.59 Å². The standard InChI is InChI=1S/C23H35N3O2.ClH/c24-19-23(12-5-2-6-13-23)18-22(28)26-16-14-25(15-17-26)21(27)11-7-10-20-8-3-1-4-9-20;/h1,3-4,8-9H,2,5-7,10-19,24H2;1H. The minimum Gasteiger partial charge on any atom is -0.339 e. The van der Waals surface area contributed by atoms with Crippen LogP contribution in [0, 0.1) is 5.41 Å². The van der Waals surface area contributed by atoms with Crippen LogP contribution in [0.4, 0.5) is 0 Å². The van der Waals surface area contributed by atoms with E-state index < -0.39 is 0 Å². The Morgan fingerprint density at radius 2 is 1.48 bits per heavy atom. The maximum atomic E-state index is 12.8. The first-order valence-corrected chi connectivity index (χ1v) is 10.9. The molecule has 1 aliphatic carbocycles. The number of hydrogen-bond acceptors (Lipinski definition) is 3. The summed E-state index contributed by atoms with van der Waals surface area (Å²) in [6.07, 6.45) is 8.78. The van der Waals surface area contributed by atoms with Gasteiger partial charge in [-0.05, 0) is 43.2 Å². The summed E-state index contributed by atoms with van der Waals surface area (Å²) in [7, 11) is 0. The number of carbonyl (C=O) groups is 2. The van der Waals surface area contributed by atoms with E-state index in [1.807, 2.05) is 28.0 Å². The van der Waals surface area contributed by atoms with Crippen molar-refractivity contribution in [2.75, 3.05) is 32.7 Å². The summed E-state index contributed by atoms with van der Waals surface area (Å²) in [6, 6.07) is 10.3. The van der Waals surface area contributed by atoms with Gasteiger partial charge in [-0.2, -0.15) is 0 Å². The molecule has 0 radical (unpaired) electrons. The SMILES string of the molecule is Cl.NCC1(CC(=O)N2CCN(C(=O)CCCc3ccccc3)CC2)CCCCC1. The Morgan fingerprint density at radius 1 is 0.897 bits per heavy atom. The van der Waals surface area contributed by atoms with Crippen LogP contribution >= 0.6 is 12.4 Å². The largest absolute Gasteiger partial charge is 0.339 e. The molecule has 0 aromatic heterocycles.